The first kappa shape index (κ1) is 13.2. The summed E-state index contributed by atoms with van der Waals surface area (Å²) >= 11 is 0. The molecule has 0 aromatic carbocycles. The van der Waals surface area contributed by atoms with Gasteiger partial charge < -0.3 is 5.11 Å². The van der Waals surface area contributed by atoms with Crippen LogP contribution >= 0.6 is 0 Å². The van der Waals surface area contributed by atoms with Gasteiger partial charge in [0.15, 0.2) is 6.29 Å². The van der Waals surface area contributed by atoms with Crippen LogP contribution in [0.4, 0.5) is 0 Å². The van der Waals surface area contributed by atoms with Gasteiger partial charge in [0.05, 0.1) is 5.92 Å². The Labute approximate surface area is 117 Å². The van der Waals surface area contributed by atoms with E-state index in [4.69, 9.17) is 5.11 Å². The van der Waals surface area contributed by atoms with Crippen LogP contribution in [0.3, 0.4) is 0 Å². The van der Waals surface area contributed by atoms with E-state index in [1.165, 1.54) is 18.4 Å². The Kier molecular flexibility index (Phi) is 3.53. The number of aliphatic carboxylic acids is 1. The van der Waals surface area contributed by atoms with Crippen molar-refractivity contribution in [3.8, 4) is 0 Å². The molecule has 5 nitrogen and oxygen atoms in total. The molecule has 1 aromatic rings. The summed E-state index contributed by atoms with van der Waals surface area (Å²) in [5.74, 6) is -0.393. The molecule has 1 saturated carbocycles. The largest absolute Gasteiger partial charge is 0.481 e. The van der Waals surface area contributed by atoms with Gasteiger partial charge in [-0.15, -0.1) is 0 Å². The fourth-order valence-electron chi connectivity index (χ4n) is 2.91. The average Bonchev–Trinajstić information content (AvgIpc) is 3.18. The van der Waals surface area contributed by atoms with Crippen molar-refractivity contribution in [2.45, 2.75) is 31.7 Å². The van der Waals surface area contributed by atoms with Gasteiger partial charge >= 0.3 is 5.97 Å². The molecule has 1 N–H and O–H groups in total. The van der Waals surface area contributed by atoms with Gasteiger partial charge in [-0.1, -0.05) is 0 Å². The van der Waals surface area contributed by atoms with Gasteiger partial charge in [0, 0.05) is 19.3 Å². The molecule has 1 aliphatic carbocycles. The SMILES string of the molecule is O=Cc1cc(C2CC2)c(CN2CCC(C(=O)O)C2)cn1. The zero-order valence-corrected chi connectivity index (χ0v) is 11.3. The molecule has 1 unspecified atom stereocenters. The minimum atomic E-state index is -0.704. The van der Waals surface area contributed by atoms with Crippen LogP contribution in [0.1, 0.15) is 46.8 Å². The van der Waals surface area contributed by atoms with Gasteiger partial charge in [0.25, 0.3) is 0 Å². The second-order valence-corrected chi connectivity index (χ2v) is 5.76. The van der Waals surface area contributed by atoms with E-state index >= 15 is 0 Å². The lowest BCUT2D eigenvalue weighted by Gasteiger charge is -2.17. The van der Waals surface area contributed by atoms with Crippen LogP contribution in [0.15, 0.2) is 12.3 Å². The number of carbonyl (C=O) groups is 2. The van der Waals surface area contributed by atoms with Crippen molar-refractivity contribution in [1.29, 1.82) is 0 Å². The van der Waals surface area contributed by atoms with Gasteiger partial charge in [0.2, 0.25) is 0 Å². The first-order chi connectivity index (χ1) is 9.67. The maximum absolute atomic E-state index is 11.0. The molecule has 0 bridgehead atoms. The smallest absolute Gasteiger partial charge is 0.307 e. The third kappa shape index (κ3) is 2.72. The Hall–Kier alpha value is -1.75. The van der Waals surface area contributed by atoms with Gasteiger partial charge in [-0.2, -0.15) is 0 Å². The highest BCUT2D eigenvalue weighted by Crippen LogP contribution is 2.42. The van der Waals surface area contributed by atoms with Gasteiger partial charge in [0.1, 0.15) is 5.69 Å². The number of carbonyl (C=O) groups excluding carboxylic acids is 1. The number of nitrogens with zero attached hydrogens (tertiary/aromatic N) is 2. The van der Waals surface area contributed by atoms with E-state index in [0.717, 1.165) is 24.9 Å². The normalized spacial score (nSPS) is 22.9. The first-order valence-electron chi connectivity index (χ1n) is 7.06. The Morgan fingerprint density at radius 1 is 1.45 bits per heavy atom. The Balaban J connectivity index is 1.74. The first-order valence-corrected chi connectivity index (χ1v) is 7.06. The monoisotopic (exact) mass is 274 g/mol. The highest BCUT2D eigenvalue weighted by atomic mass is 16.4. The maximum atomic E-state index is 11.0. The lowest BCUT2D eigenvalue weighted by atomic mass is 10.0. The summed E-state index contributed by atoms with van der Waals surface area (Å²) in [7, 11) is 0. The molecule has 20 heavy (non-hydrogen) atoms. The van der Waals surface area contributed by atoms with E-state index in [1.807, 2.05) is 6.07 Å². The Morgan fingerprint density at radius 3 is 2.85 bits per heavy atom. The molecule has 3 rings (SSSR count). The van der Waals surface area contributed by atoms with Crippen LogP contribution in [-0.2, 0) is 11.3 Å². The van der Waals surface area contributed by atoms with E-state index in [9.17, 15) is 9.59 Å². The van der Waals surface area contributed by atoms with Crippen LogP contribution in [0, 0.1) is 5.92 Å². The van der Waals surface area contributed by atoms with Crippen LogP contribution in [0.2, 0.25) is 0 Å². The molecule has 0 amide bonds. The van der Waals surface area contributed by atoms with E-state index in [1.54, 1.807) is 6.20 Å². The number of hydrogen-bond donors (Lipinski definition) is 1. The van der Waals surface area contributed by atoms with Gasteiger partial charge in [-0.25, -0.2) is 0 Å². The summed E-state index contributed by atoms with van der Waals surface area (Å²) in [6.07, 6.45) is 5.63. The third-order valence-corrected chi connectivity index (χ3v) is 4.20. The molecule has 2 heterocycles. The summed E-state index contributed by atoms with van der Waals surface area (Å²) in [4.78, 5) is 28.1. The van der Waals surface area contributed by atoms with Crippen molar-refractivity contribution in [1.82, 2.24) is 9.88 Å². The standard InChI is InChI=1S/C15H18N2O3/c18-9-13-5-14(10-1-2-10)12(6-16-13)8-17-4-3-11(7-17)15(19)20/h5-6,9-11H,1-4,7-8H2,(H,19,20). The minimum Gasteiger partial charge on any atom is -0.481 e. The van der Waals surface area contributed by atoms with Crippen molar-refractivity contribution in [3.05, 3.63) is 29.1 Å². The maximum Gasteiger partial charge on any atom is 0.307 e. The molecule has 0 spiro atoms. The molecule has 0 radical (unpaired) electrons. The third-order valence-electron chi connectivity index (χ3n) is 4.20. The van der Waals surface area contributed by atoms with E-state index < -0.39 is 5.97 Å². The summed E-state index contributed by atoms with van der Waals surface area (Å²) in [5.41, 5.74) is 2.85. The number of likely N-dealkylation sites (tertiary alicyclic amines) is 1. The second-order valence-electron chi connectivity index (χ2n) is 5.76. The van der Waals surface area contributed by atoms with Crippen LogP contribution < -0.4 is 0 Å². The second kappa shape index (κ2) is 5.32. The predicted molar refractivity (Wildman–Crippen MR) is 72.6 cm³/mol. The zero-order valence-electron chi connectivity index (χ0n) is 11.3. The van der Waals surface area contributed by atoms with Crippen LogP contribution in [0.25, 0.3) is 0 Å². The van der Waals surface area contributed by atoms with Crippen molar-refractivity contribution < 1.29 is 14.7 Å². The molecule has 2 aliphatic rings. The fraction of sp³-hybridized carbons (Fsp3) is 0.533. The number of carboxylic acids is 1. The number of aromatic nitrogens is 1. The quantitative estimate of drug-likeness (QED) is 0.827. The summed E-state index contributed by atoms with van der Waals surface area (Å²) in [6, 6.07) is 1.89. The summed E-state index contributed by atoms with van der Waals surface area (Å²) < 4.78 is 0. The molecular formula is C15H18N2O3. The number of hydrogen-bond acceptors (Lipinski definition) is 4. The van der Waals surface area contributed by atoms with Crippen molar-refractivity contribution in [2.24, 2.45) is 5.92 Å². The molecule has 1 atom stereocenters. The molecule has 1 saturated heterocycles. The average molecular weight is 274 g/mol. The molecule has 2 fully saturated rings. The number of carboxylic acid groups (broad SMARTS) is 1. The molecule has 106 valence electrons. The summed E-state index contributed by atoms with van der Waals surface area (Å²) in [5, 5.41) is 9.04. The molecular weight excluding hydrogens is 256 g/mol. The van der Waals surface area contributed by atoms with Crippen LogP contribution in [0.5, 0.6) is 0 Å². The Morgan fingerprint density at radius 2 is 2.25 bits per heavy atom. The fourth-order valence-corrected chi connectivity index (χ4v) is 2.91. The molecule has 1 aliphatic heterocycles. The van der Waals surface area contributed by atoms with Crippen molar-refractivity contribution in [2.75, 3.05) is 13.1 Å². The van der Waals surface area contributed by atoms with Gasteiger partial charge in [-0.3, -0.25) is 19.5 Å². The zero-order chi connectivity index (χ0) is 14.1. The number of rotatable bonds is 5. The van der Waals surface area contributed by atoms with Crippen molar-refractivity contribution >= 4 is 12.3 Å². The van der Waals surface area contributed by atoms with Crippen LogP contribution in [-0.4, -0.2) is 40.3 Å². The Bertz CT molecular complexity index is 540. The highest BCUT2D eigenvalue weighted by Gasteiger charge is 2.30. The molecule has 1 aromatic heterocycles. The highest BCUT2D eigenvalue weighted by molar-refractivity contribution is 5.72. The van der Waals surface area contributed by atoms with E-state index in [2.05, 4.69) is 9.88 Å². The van der Waals surface area contributed by atoms with E-state index in [0.29, 0.717) is 24.6 Å². The summed E-state index contributed by atoms with van der Waals surface area (Å²) in [6.45, 7) is 2.16. The topological polar surface area (TPSA) is 70.5 Å². The minimum absolute atomic E-state index is 0.249. The van der Waals surface area contributed by atoms with Crippen molar-refractivity contribution in [3.63, 3.8) is 0 Å². The predicted octanol–water partition coefficient (Wildman–Crippen LogP) is 1.68. The number of aldehydes is 1. The van der Waals surface area contributed by atoms with E-state index in [-0.39, 0.29) is 5.92 Å². The molecule has 5 heteroatoms. The van der Waals surface area contributed by atoms with Gasteiger partial charge in [-0.05, 0) is 48.9 Å². The lowest BCUT2D eigenvalue weighted by molar-refractivity contribution is -0.141. The number of pyridine rings is 1. The lowest BCUT2D eigenvalue weighted by Crippen LogP contribution is -2.23.